The van der Waals surface area contributed by atoms with Gasteiger partial charge in [-0.15, -0.1) is 0 Å². The van der Waals surface area contributed by atoms with Crippen molar-refractivity contribution < 1.29 is 18.0 Å². The minimum atomic E-state index is -4.08. The van der Waals surface area contributed by atoms with Crippen molar-refractivity contribution >= 4 is 39.1 Å². The average molecular weight is 528 g/mol. The van der Waals surface area contributed by atoms with Crippen molar-refractivity contribution in [2.75, 3.05) is 17.4 Å². The van der Waals surface area contributed by atoms with Crippen LogP contribution in [-0.4, -0.2) is 44.3 Å². The molecule has 1 atom stereocenters. The summed E-state index contributed by atoms with van der Waals surface area (Å²) in [6.45, 7) is 5.14. The first kappa shape index (κ1) is 27.2. The van der Waals surface area contributed by atoms with Gasteiger partial charge in [0.05, 0.1) is 10.6 Å². The lowest BCUT2D eigenvalue weighted by Crippen LogP contribution is -2.51. The molecule has 0 unspecified atom stereocenters. The zero-order valence-electron chi connectivity index (χ0n) is 20.5. The number of carbonyl (C=O) groups excluding carboxylic acids is 2. The molecule has 190 valence electrons. The standard InChI is InChI=1S/C27H30ClN3O4S/c1-4-29-27(33)21(3)30(18-22-13-9-10-16-24(22)28)26(32)19-31(25-17-11-8-12-20(25)2)36(34,35)23-14-6-5-7-15-23/h5-17,21H,4,18-19H2,1-3H3,(H,29,33)/t21-/m0/s1. The Bertz CT molecular complexity index is 1320. The SMILES string of the molecule is CCNC(=O)[C@H](C)N(Cc1ccccc1Cl)C(=O)CN(c1ccccc1C)S(=O)(=O)c1ccccc1. The van der Waals surface area contributed by atoms with E-state index in [9.17, 15) is 18.0 Å². The van der Waals surface area contributed by atoms with Crippen molar-refractivity contribution in [1.29, 1.82) is 0 Å². The van der Waals surface area contributed by atoms with E-state index in [0.29, 0.717) is 28.4 Å². The zero-order valence-corrected chi connectivity index (χ0v) is 22.1. The number of aryl methyl sites for hydroxylation is 1. The second kappa shape index (κ2) is 12.1. The summed E-state index contributed by atoms with van der Waals surface area (Å²) < 4.78 is 28.5. The molecule has 0 aliphatic rings. The number of rotatable bonds is 10. The Balaban J connectivity index is 2.04. The topological polar surface area (TPSA) is 86.8 Å². The lowest BCUT2D eigenvalue weighted by molar-refractivity contribution is -0.139. The van der Waals surface area contributed by atoms with Gasteiger partial charge in [-0.1, -0.05) is 66.2 Å². The Morgan fingerprint density at radius 3 is 2.19 bits per heavy atom. The largest absolute Gasteiger partial charge is 0.355 e. The molecular weight excluding hydrogens is 498 g/mol. The molecule has 7 nitrogen and oxygen atoms in total. The molecule has 0 spiro atoms. The maximum Gasteiger partial charge on any atom is 0.264 e. The molecule has 0 aliphatic heterocycles. The van der Waals surface area contributed by atoms with Crippen LogP contribution in [0, 0.1) is 6.92 Å². The van der Waals surface area contributed by atoms with Gasteiger partial charge >= 0.3 is 0 Å². The van der Waals surface area contributed by atoms with Gasteiger partial charge in [0.1, 0.15) is 12.6 Å². The highest BCUT2D eigenvalue weighted by Crippen LogP contribution is 2.27. The number of carbonyl (C=O) groups is 2. The number of anilines is 1. The number of nitrogens with zero attached hydrogens (tertiary/aromatic N) is 2. The summed E-state index contributed by atoms with van der Waals surface area (Å²) in [5.41, 5.74) is 1.73. The summed E-state index contributed by atoms with van der Waals surface area (Å²) in [6, 6.07) is 21.1. The van der Waals surface area contributed by atoms with Gasteiger partial charge in [-0.25, -0.2) is 8.42 Å². The molecule has 0 heterocycles. The maximum absolute atomic E-state index is 13.8. The minimum absolute atomic E-state index is 0.0454. The van der Waals surface area contributed by atoms with Crippen LogP contribution in [0.2, 0.25) is 5.02 Å². The maximum atomic E-state index is 13.8. The van der Waals surface area contributed by atoms with E-state index in [4.69, 9.17) is 11.6 Å². The predicted molar refractivity (Wildman–Crippen MR) is 142 cm³/mol. The van der Waals surface area contributed by atoms with Gasteiger partial charge in [-0.3, -0.25) is 13.9 Å². The van der Waals surface area contributed by atoms with Gasteiger partial charge in [0.2, 0.25) is 11.8 Å². The number of benzene rings is 3. The third-order valence-corrected chi connectivity index (χ3v) is 7.95. The molecule has 0 aliphatic carbocycles. The Hall–Kier alpha value is -3.36. The highest BCUT2D eigenvalue weighted by Gasteiger charge is 2.33. The quantitative estimate of drug-likeness (QED) is 0.423. The second-order valence-electron chi connectivity index (χ2n) is 8.29. The molecule has 3 aromatic rings. The van der Waals surface area contributed by atoms with Gasteiger partial charge in [-0.2, -0.15) is 0 Å². The normalized spacial score (nSPS) is 12.0. The molecule has 1 N–H and O–H groups in total. The van der Waals surface area contributed by atoms with E-state index >= 15 is 0 Å². The van der Waals surface area contributed by atoms with Gasteiger partial charge in [0.25, 0.3) is 10.0 Å². The van der Waals surface area contributed by atoms with Gasteiger partial charge in [-0.05, 0) is 56.2 Å². The monoisotopic (exact) mass is 527 g/mol. The van der Waals surface area contributed by atoms with E-state index in [-0.39, 0.29) is 17.3 Å². The molecule has 3 aromatic carbocycles. The highest BCUT2D eigenvalue weighted by molar-refractivity contribution is 7.92. The first-order chi connectivity index (χ1) is 17.2. The summed E-state index contributed by atoms with van der Waals surface area (Å²) in [6.07, 6.45) is 0. The van der Waals surface area contributed by atoms with Crippen molar-refractivity contribution in [3.8, 4) is 0 Å². The van der Waals surface area contributed by atoms with E-state index in [0.717, 1.165) is 4.31 Å². The van der Waals surface area contributed by atoms with E-state index < -0.39 is 28.5 Å². The number of amides is 2. The molecule has 0 radical (unpaired) electrons. The van der Waals surface area contributed by atoms with E-state index in [1.54, 1.807) is 87.5 Å². The fourth-order valence-corrected chi connectivity index (χ4v) is 5.49. The van der Waals surface area contributed by atoms with Crippen LogP contribution in [0.4, 0.5) is 5.69 Å². The Morgan fingerprint density at radius 1 is 0.944 bits per heavy atom. The van der Waals surface area contributed by atoms with Crippen molar-refractivity contribution in [3.63, 3.8) is 0 Å². The van der Waals surface area contributed by atoms with Crippen LogP contribution in [0.3, 0.4) is 0 Å². The number of halogens is 1. The van der Waals surface area contributed by atoms with Gasteiger partial charge in [0, 0.05) is 18.1 Å². The highest BCUT2D eigenvalue weighted by atomic mass is 35.5. The van der Waals surface area contributed by atoms with Crippen LogP contribution in [0.15, 0.2) is 83.8 Å². The predicted octanol–water partition coefficient (Wildman–Crippen LogP) is 4.40. The first-order valence-corrected chi connectivity index (χ1v) is 13.4. The summed E-state index contributed by atoms with van der Waals surface area (Å²) in [7, 11) is -4.08. The van der Waals surface area contributed by atoms with Crippen LogP contribution >= 0.6 is 11.6 Å². The molecule has 0 fully saturated rings. The van der Waals surface area contributed by atoms with Crippen molar-refractivity contribution in [1.82, 2.24) is 10.2 Å². The molecule has 0 bridgehead atoms. The van der Waals surface area contributed by atoms with Gasteiger partial charge in [0.15, 0.2) is 0 Å². The molecular formula is C27H30ClN3O4S. The van der Waals surface area contributed by atoms with Crippen LogP contribution in [0.1, 0.15) is 25.0 Å². The molecule has 0 aromatic heterocycles. The van der Waals surface area contributed by atoms with Crippen molar-refractivity contribution in [3.05, 3.63) is 95.0 Å². The smallest absolute Gasteiger partial charge is 0.264 e. The van der Waals surface area contributed by atoms with Crippen LogP contribution in [0.5, 0.6) is 0 Å². The molecule has 2 amide bonds. The van der Waals surface area contributed by atoms with Gasteiger partial charge < -0.3 is 10.2 Å². The first-order valence-electron chi connectivity index (χ1n) is 11.6. The number of hydrogen-bond acceptors (Lipinski definition) is 4. The minimum Gasteiger partial charge on any atom is -0.355 e. The summed E-state index contributed by atoms with van der Waals surface area (Å²) in [4.78, 5) is 27.9. The Labute approximate surface area is 217 Å². The zero-order chi connectivity index (χ0) is 26.3. The number of sulfonamides is 1. The number of para-hydroxylation sites is 1. The third-order valence-electron chi connectivity index (χ3n) is 5.81. The summed E-state index contributed by atoms with van der Waals surface area (Å²) >= 11 is 6.35. The Kier molecular flexibility index (Phi) is 9.12. The van der Waals surface area contributed by atoms with E-state index in [2.05, 4.69) is 5.32 Å². The number of nitrogens with one attached hydrogen (secondary N) is 1. The van der Waals surface area contributed by atoms with E-state index in [1.807, 2.05) is 0 Å². The summed E-state index contributed by atoms with van der Waals surface area (Å²) in [5, 5.41) is 3.18. The molecule has 3 rings (SSSR count). The fraction of sp³-hybridized carbons (Fsp3) is 0.259. The van der Waals surface area contributed by atoms with Crippen LogP contribution < -0.4 is 9.62 Å². The van der Waals surface area contributed by atoms with E-state index in [1.165, 1.54) is 17.0 Å². The molecule has 0 saturated heterocycles. The lowest BCUT2D eigenvalue weighted by atomic mass is 10.1. The fourth-order valence-electron chi connectivity index (χ4n) is 3.79. The Morgan fingerprint density at radius 2 is 1.56 bits per heavy atom. The molecule has 36 heavy (non-hydrogen) atoms. The average Bonchev–Trinajstić information content (AvgIpc) is 2.87. The summed E-state index contributed by atoms with van der Waals surface area (Å²) in [5.74, 6) is -0.873. The number of hydrogen-bond donors (Lipinski definition) is 1. The van der Waals surface area contributed by atoms with Crippen LogP contribution in [0.25, 0.3) is 0 Å². The lowest BCUT2D eigenvalue weighted by Gasteiger charge is -2.32. The van der Waals surface area contributed by atoms with Crippen LogP contribution in [-0.2, 0) is 26.2 Å². The van der Waals surface area contributed by atoms with Crippen molar-refractivity contribution in [2.24, 2.45) is 0 Å². The molecule has 0 saturated carbocycles. The second-order valence-corrected chi connectivity index (χ2v) is 10.6. The van der Waals surface area contributed by atoms with Crippen molar-refractivity contribution in [2.45, 2.75) is 38.3 Å². The third kappa shape index (κ3) is 6.25. The number of likely N-dealkylation sites (N-methyl/N-ethyl adjacent to an activating group) is 1. The molecule has 9 heteroatoms.